The van der Waals surface area contributed by atoms with Gasteiger partial charge in [-0.2, -0.15) is 0 Å². The number of rotatable bonds is 6. The molecule has 6 nitrogen and oxygen atoms in total. The van der Waals surface area contributed by atoms with Crippen LogP contribution in [0.1, 0.15) is 22.0 Å². The predicted octanol–water partition coefficient (Wildman–Crippen LogP) is 2.75. The Labute approximate surface area is 144 Å². The molecule has 25 heavy (non-hydrogen) atoms. The first kappa shape index (κ1) is 16.7. The van der Waals surface area contributed by atoms with Crippen LogP contribution in [0.25, 0.3) is 11.5 Å². The smallest absolute Gasteiger partial charge is 0.261 e. The van der Waals surface area contributed by atoms with Gasteiger partial charge in [-0.1, -0.05) is 30.3 Å². The number of aromatic amines is 1. The molecule has 0 aliphatic rings. The first-order chi connectivity index (χ1) is 12.2. The fourth-order valence-electron chi connectivity index (χ4n) is 2.51. The molecule has 0 aliphatic heterocycles. The number of furan rings is 1. The quantitative estimate of drug-likeness (QED) is 0.724. The van der Waals surface area contributed by atoms with Gasteiger partial charge in [0.15, 0.2) is 0 Å². The third-order valence-corrected chi connectivity index (χ3v) is 3.84. The highest BCUT2D eigenvalue weighted by Gasteiger charge is 2.15. The average molecular weight is 338 g/mol. The molecule has 3 aromatic rings. The molecular formula is C19H18N2O4. The number of hydrogen-bond acceptors (Lipinski definition) is 4. The van der Waals surface area contributed by atoms with Gasteiger partial charge in [0.25, 0.3) is 11.5 Å². The van der Waals surface area contributed by atoms with Crippen molar-refractivity contribution in [1.29, 1.82) is 0 Å². The zero-order valence-corrected chi connectivity index (χ0v) is 13.7. The zero-order valence-electron chi connectivity index (χ0n) is 13.7. The predicted molar refractivity (Wildman–Crippen MR) is 93.3 cm³/mol. The van der Waals surface area contributed by atoms with E-state index < -0.39 is 11.5 Å². The van der Waals surface area contributed by atoms with Gasteiger partial charge in [0, 0.05) is 13.7 Å². The number of benzene rings is 1. The van der Waals surface area contributed by atoms with Gasteiger partial charge < -0.3 is 19.5 Å². The molecular weight excluding hydrogens is 320 g/mol. The Bertz CT molecular complexity index is 885. The molecule has 1 atom stereocenters. The molecule has 6 heteroatoms. The van der Waals surface area contributed by atoms with E-state index >= 15 is 0 Å². The van der Waals surface area contributed by atoms with Crippen molar-refractivity contribution < 1.29 is 13.9 Å². The molecule has 0 radical (unpaired) electrons. The average Bonchev–Trinajstić information content (AvgIpc) is 3.17. The van der Waals surface area contributed by atoms with E-state index in [0.29, 0.717) is 11.5 Å². The number of carbonyl (C=O) groups is 1. The van der Waals surface area contributed by atoms with E-state index in [0.717, 1.165) is 5.56 Å². The second-order valence-corrected chi connectivity index (χ2v) is 5.44. The van der Waals surface area contributed by atoms with Crippen LogP contribution in [-0.4, -0.2) is 24.5 Å². The Morgan fingerprint density at radius 3 is 2.60 bits per heavy atom. The second kappa shape index (κ2) is 7.63. The van der Waals surface area contributed by atoms with Gasteiger partial charge in [0.2, 0.25) is 0 Å². The maximum Gasteiger partial charge on any atom is 0.261 e. The lowest BCUT2D eigenvalue weighted by atomic mass is 10.1. The summed E-state index contributed by atoms with van der Waals surface area (Å²) in [5.41, 5.74) is 1.04. The molecule has 0 bridgehead atoms. The number of H-pyrrole nitrogens is 1. The lowest BCUT2D eigenvalue weighted by Crippen LogP contribution is -2.33. The minimum Gasteiger partial charge on any atom is -0.463 e. The van der Waals surface area contributed by atoms with E-state index in [1.165, 1.54) is 12.3 Å². The summed E-state index contributed by atoms with van der Waals surface area (Å²) in [7, 11) is 1.58. The molecule has 2 heterocycles. The van der Waals surface area contributed by atoms with Crippen LogP contribution in [-0.2, 0) is 4.74 Å². The molecule has 2 aromatic heterocycles. The van der Waals surface area contributed by atoms with Crippen molar-refractivity contribution in [2.45, 2.75) is 6.10 Å². The summed E-state index contributed by atoms with van der Waals surface area (Å²) in [6.07, 6.45) is 1.23. The number of carbonyl (C=O) groups excluding carboxylic acids is 1. The van der Waals surface area contributed by atoms with Gasteiger partial charge in [0.05, 0.1) is 18.1 Å². The zero-order chi connectivity index (χ0) is 17.6. The fourth-order valence-corrected chi connectivity index (χ4v) is 2.51. The largest absolute Gasteiger partial charge is 0.463 e. The third kappa shape index (κ3) is 3.87. The molecule has 0 spiro atoms. The van der Waals surface area contributed by atoms with Crippen LogP contribution in [0.3, 0.4) is 0 Å². The standard InChI is InChI=1S/C19H18N2O4/c1-24-17(13-6-3-2-4-7-13)12-20-18(22)14-9-10-15(21-19(14)23)16-8-5-11-25-16/h2-11,17H,12H2,1H3,(H,20,22)(H,21,23)/t17-/m0/s1. The molecule has 0 saturated heterocycles. The molecule has 3 rings (SSSR count). The Morgan fingerprint density at radius 2 is 1.96 bits per heavy atom. The first-order valence-electron chi connectivity index (χ1n) is 7.82. The van der Waals surface area contributed by atoms with Crippen LogP contribution >= 0.6 is 0 Å². The van der Waals surface area contributed by atoms with Gasteiger partial charge in [0.1, 0.15) is 11.3 Å². The topological polar surface area (TPSA) is 84.3 Å². The van der Waals surface area contributed by atoms with E-state index in [-0.39, 0.29) is 18.2 Å². The summed E-state index contributed by atoms with van der Waals surface area (Å²) in [6.45, 7) is 0.263. The Balaban J connectivity index is 1.70. The summed E-state index contributed by atoms with van der Waals surface area (Å²) in [5, 5.41) is 2.74. The molecule has 0 saturated carbocycles. The normalized spacial score (nSPS) is 11.9. The summed E-state index contributed by atoms with van der Waals surface area (Å²) in [5.74, 6) is 0.0813. The van der Waals surface area contributed by atoms with E-state index in [1.807, 2.05) is 30.3 Å². The summed E-state index contributed by atoms with van der Waals surface area (Å²) < 4.78 is 10.6. The number of ether oxygens (including phenoxy) is 1. The lowest BCUT2D eigenvalue weighted by Gasteiger charge is -2.16. The van der Waals surface area contributed by atoms with Gasteiger partial charge in [-0.05, 0) is 29.8 Å². The van der Waals surface area contributed by atoms with Crippen LogP contribution in [0.4, 0.5) is 0 Å². The Hall–Kier alpha value is -3.12. The number of methoxy groups -OCH3 is 1. The minimum atomic E-state index is -0.472. The SMILES string of the molecule is CO[C@@H](CNC(=O)c1ccc(-c2ccco2)[nH]c1=O)c1ccccc1. The van der Waals surface area contributed by atoms with Crippen LogP contribution in [0, 0.1) is 0 Å². The highest BCUT2D eigenvalue weighted by atomic mass is 16.5. The van der Waals surface area contributed by atoms with E-state index in [9.17, 15) is 9.59 Å². The molecule has 2 N–H and O–H groups in total. The van der Waals surface area contributed by atoms with Gasteiger partial charge in [-0.25, -0.2) is 0 Å². The van der Waals surface area contributed by atoms with Crippen molar-refractivity contribution in [2.75, 3.05) is 13.7 Å². The lowest BCUT2D eigenvalue weighted by molar-refractivity contribution is 0.0827. The van der Waals surface area contributed by atoms with Crippen molar-refractivity contribution in [3.63, 3.8) is 0 Å². The summed E-state index contributed by atoms with van der Waals surface area (Å²) in [6, 6.07) is 16.1. The highest BCUT2D eigenvalue weighted by molar-refractivity contribution is 5.94. The number of pyridine rings is 1. The molecule has 128 valence electrons. The van der Waals surface area contributed by atoms with Crippen LogP contribution < -0.4 is 10.9 Å². The Kier molecular flexibility index (Phi) is 5.11. The Morgan fingerprint density at radius 1 is 1.16 bits per heavy atom. The van der Waals surface area contributed by atoms with Crippen LogP contribution in [0.15, 0.2) is 70.1 Å². The van der Waals surface area contributed by atoms with Crippen molar-refractivity contribution >= 4 is 5.91 Å². The minimum absolute atomic E-state index is 0.0400. The summed E-state index contributed by atoms with van der Waals surface area (Å²) in [4.78, 5) is 27.1. The molecule has 1 amide bonds. The number of aromatic nitrogens is 1. The monoisotopic (exact) mass is 338 g/mol. The third-order valence-electron chi connectivity index (χ3n) is 3.84. The molecule has 0 unspecified atom stereocenters. The van der Waals surface area contributed by atoms with E-state index in [1.54, 1.807) is 25.3 Å². The first-order valence-corrected chi connectivity index (χ1v) is 7.82. The van der Waals surface area contributed by atoms with Crippen molar-refractivity contribution in [1.82, 2.24) is 10.3 Å². The number of hydrogen-bond donors (Lipinski definition) is 2. The van der Waals surface area contributed by atoms with Gasteiger partial charge in [-0.3, -0.25) is 9.59 Å². The number of amides is 1. The van der Waals surface area contributed by atoms with Crippen molar-refractivity contribution in [3.05, 3.63) is 82.3 Å². The highest BCUT2D eigenvalue weighted by Crippen LogP contribution is 2.16. The van der Waals surface area contributed by atoms with Gasteiger partial charge in [-0.15, -0.1) is 0 Å². The second-order valence-electron chi connectivity index (χ2n) is 5.44. The molecule has 0 fully saturated rings. The van der Waals surface area contributed by atoms with Crippen molar-refractivity contribution in [3.8, 4) is 11.5 Å². The number of nitrogens with one attached hydrogen (secondary N) is 2. The van der Waals surface area contributed by atoms with Crippen LogP contribution in [0.2, 0.25) is 0 Å². The van der Waals surface area contributed by atoms with E-state index in [4.69, 9.17) is 9.15 Å². The van der Waals surface area contributed by atoms with E-state index in [2.05, 4.69) is 10.3 Å². The molecule has 0 aliphatic carbocycles. The van der Waals surface area contributed by atoms with Crippen molar-refractivity contribution in [2.24, 2.45) is 0 Å². The fraction of sp³-hybridized carbons (Fsp3) is 0.158. The molecule has 1 aromatic carbocycles. The summed E-state index contributed by atoms with van der Waals surface area (Å²) >= 11 is 0. The van der Waals surface area contributed by atoms with Gasteiger partial charge >= 0.3 is 0 Å². The maximum atomic E-state index is 12.3. The maximum absolute atomic E-state index is 12.3. The van der Waals surface area contributed by atoms with Crippen LogP contribution in [0.5, 0.6) is 0 Å².